The number of piperidine rings is 1. The minimum absolute atomic E-state index is 0.0129. The third-order valence-corrected chi connectivity index (χ3v) is 8.53. The number of carbonyl (C=O) groups excluding carboxylic acids is 1. The molecule has 6 nitrogen and oxygen atoms in total. The van der Waals surface area contributed by atoms with Crippen LogP contribution in [0.1, 0.15) is 77.5 Å². The maximum Gasteiger partial charge on any atom is 0.416 e. The van der Waals surface area contributed by atoms with Gasteiger partial charge in [0.2, 0.25) is 0 Å². The number of nitrogens with zero attached hydrogens (tertiary/aromatic N) is 2. The van der Waals surface area contributed by atoms with E-state index in [9.17, 15) is 22.8 Å². The summed E-state index contributed by atoms with van der Waals surface area (Å²) in [5.74, 6) is -0.644. The first-order valence-electron chi connectivity index (χ1n) is 14.6. The molecule has 0 radical (unpaired) electrons. The van der Waals surface area contributed by atoms with Gasteiger partial charge in [0, 0.05) is 60.3 Å². The molecule has 0 saturated carbocycles. The van der Waals surface area contributed by atoms with Crippen molar-refractivity contribution in [3.05, 3.63) is 98.0 Å². The molecular formula is C33H41F3N4O2. The molecule has 1 amide bonds. The number of rotatable bonds is 8. The number of nitrogens with one attached hydrogen (secondary N) is 2. The first kappa shape index (κ1) is 31.3. The van der Waals surface area contributed by atoms with Crippen molar-refractivity contribution in [3.63, 3.8) is 0 Å². The number of alkyl halides is 3. The zero-order chi connectivity index (χ0) is 30.8. The van der Waals surface area contributed by atoms with E-state index in [2.05, 4.69) is 41.2 Å². The van der Waals surface area contributed by atoms with Crippen LogP contribution in [0.4, 0.5) is 18.9 Å². The predicted octanol–water partition coefficient (Wildman–Crippen LogP) is 6.52. The van der Waals surface area contributed by atoms with Crippen LogP contribution in [0.2, 0.25) is 0 Å². The molecule has 2 N–H and O–H groups in total. The van der Waals surface area contributed by atoms with Gasteiger partial charge in [-0.15, -0.1) is 0 Å². The van der Waals surface area contributed by atoms with E-state index in [1.54, 1.807) is 26.8 Å². The Morgan fingerprint density at radius 3 is 2.26 bits per heavy atom. The third-order valence-electron chi connectivity index (χ3n) is 8.53. The Labute approximate surface area is 245 Å². The Balaban J connectivity index is 1.62. The lowest BCUT2D eigenvalue weighted by Gasteiger charge is -2.47. The second-order valence-electron chi connectivity index (χ2n) is 11.6. The molecule has 2 heterocycles. The van der Waals surface area contributed by atoms with Crippen molar-refractivity contribution in [2.75, 3.05) is 11.4 Å². The van der Waals surface area contributed by atoms with Crippen molar-refractivity contribution < 1.29 is 18.0 Å². The first-order valence-corrected chi connectivity index (χ1v) is 14.6. The summed E-state index contributed by atoms with van der Waals surface area (Å²) < 4.78 is 42.4. The number of hydrogen-bond donors (Lipinski definition) is 2. The number of aromatic nitrogens is 1. The van der Waals surface area contributed by atoms with E-state index in [4.69, 9.17) is 0 Å². The van der Waals surface area contributed by atoms with E-state index in [0.717, 1.165) is 25.5 Å². The van der Waals surface area contributed by atoms with Crippen LogP contribution in [0.5, 0.6) is 0 Å². The molecule has 42 heavy (non-hydrogen) atoms. The zero-order valence-electron chi connectivity index (χ0n) is 25.2. The van der Waals surface area contributed by atoms with Crippen molar-refractivity contribution in [2.24, 2.45) is 0 Å². The van der Waals surface area contributed by atoms with Crippen molar-refractivity contribution in [1.82, 2.24) is 15.2 Å². The van der Waals surface area contributed by atoms with E-state index in [-0.39, 0.29) is 35.8 Å². The van der Waals surface area contributed by atoms with Crippen LogP contribution in [0.25, 0.3) is 0 Å². The van der Waals surface area contributed by atoms with Gasteiger partial charge in [0.15, 0.2) is 0 Å². The third kappa shape index (κ3) is 6.89. The molecule has 226 valence electrons. The summed E-state index contributed by atoms with van der Waals surface area (Å²) in [6.45, 7) is 12.8. The van der Waals surface area contributed by atoms with E-state index < -0.39 is 17.6 Å². The molecule has 1 aliphatic rings. The summed E-state index contributed by atoms with van der Waals surface area (Å²) in [7, 11) is 0. The molecule has 2 aromatic carbocycles. The Morgan fingerprint density at radius 1 is 1.05 bits per heavy atom. The maximum atomic E-state index is 14.1. The molecule has 1 aromatic heterocycles. The minimum Gasteiger partial charge on any atom is -0.368 e. The Morgan fingerprint density at radius 2 is 1.69 bits per heavy atom. The van der Waals surface area contributed by atoms with E-state index >= 15 is 0 Å². The van der Waals surface area contributed by atoms with Crippen molar-refractivity contribution >= 4 is 11.6 Å². The van der Waals surface area contributed by atoms with Crippen LogP contribution in [0.15, 0.2) is 53.3 Å². The van der Waals surface area contributed by atoms with Gasteiger partial charge >= 0.3 is 6.18 Å². The van der Waals surface area contributed by atoms with Gasteiger partial charge in [-0.25, -0.2) is 0 Å². The Bertz CT molecular complexity index is 1460. The average Bonchev–Trinajstić information content (AvgIpc) is 2.91. The highest BCUT2D eigenvalue weighted by molar-refractivity contribution is 5.97. The van der Waals surface area contributed by atoms with Crippen LogP contribution in [-0.4, -0.2) is 40.5 Å². The zero-order valence-corrected chi connectivity index (χ0v) is 25.2. The average molecular weight is 583 g/mol. The Kier molecular flexibility index (Phi) is 9.50. The predicted molar refractivity (Wildman–Crippen MR) is 161 cm³/mol. The smallest absolute Gasteiger partial charge is 0.368 e. The number of likely N-dealkylation sites (tertiary alicyclic amines) is 1. The fraction of sp³-hybridized carbons (Fsp3) is 0.455. The topological polar surface area (TPSA) is 68.4 Å². The van der Waals surface area contributed by atoms with Gasteiger partial charge in [0.05, 0.1) is 5.56 Å². The van der Waals surface area contributed by atoms with Crippen LogP contribution in [-0.2, 0) is 19.3 Å². The molecule has 1 fully saturated rings. The van der Waals surface area contributed by atoms with Crippen molar-refractivity contribution in [3.8, 4) is 0 Å². The molecule has 9 heteroatoms. The van der Waals surface area contributed by atoms with Crippen molar-refractivity contribution in [2.45, 2.75) is 91.8 Å². The molecular weight excluding hydrogens is 541 g/mol. The van der Waals surface area contributed by atoms with Crippen LogP contribution >= 0.6 is 0 Å². The molecule has 3 aromatic rings. The normalized spacial score (nSPS) is 19.5. The molecule has 1 saturated heterocycles. The van der Waals surface area contributed by atoms with Gasteiger partial charge in [-0.2, -0.15) is 13.2 Å². The number of carbonyl (C=O) groups is 1. The number of amides is 1. The highest BCUT2D eigenvalue weighted by atomic mass is 19.4. The van der Waals surface area contributed by atoms with Gasteiger partial charge in [0.25, 0.3) is 11.5 Å². The van der Waals surface area contributed by atoms with E-state index in [1.165, 1.54) is 11.6 Å². The van der Waals surface area contributed by atoms with Crippen molar-refractivity contribution in [1.29, 1.82) is 0 Å². The molecule has 1 aliphatic heterocycles. The highest BCUT2D eigenvalue weighted by Crippen LogP contribution is 2.38. The number of aromatic amines is 1. The fourth-order valence-corrected chi connectivity index (χ4v) is 6.34. The maximum absolute atomic E-state index is 14.1. The lowest BCUT2D eigenvalue weighted by Crippen LogP contribution is -2.53. The molecule has 0 bridgehead atoms. The van der Waals surface area contributed by atoms with Gasteiger partial charge in [-0.05, 0) is 89.3 Å². The van der Waals surface area contributed by atoms with Gasteiger partial charge in [-0.3, -0.25) is 14.5 Å². The summed E-state index contributed by atoms with van der Waals surface area (Å²) in [6, 6.07) is 14.6. The van der Waals surface area contributed by atoms with Gasteiger partial charge < -0.3 is 15.2 Å². The number of hydrogen-bond acceptors (Lipinski definition) is 4. The highest BCUT2D eigenvalue weighted by Gasteiger charge is 2.37. The standard InChI is InChI=1S/C33H41F3N4O2/c1-7-39(27-14-22(4)40(23(5)15-27)19-25-11-9-8-10-12-25)30-17-26(33(34,35)36)16-28(24(30)6)31(41)37-18-29-20(2)13-21(3)38-32(29)42/h8-13,16-17,22-23,27H,7,14-15,18-19H2,1-6H3,(H,37,41)(H,38,42)/t22-,23+,27-. The number of pyridine rings is 1. The summed E-state index contributed by atoms with van der Waals surface area (Å²) in [4.78, 5) is 33.0. The Hall–Kier alpha value is -3.59. The summed E-state index contributed by atoms with van der Waals surface area (Å²) in [5.41, 5.74) is 2.69. The molecule has 0 aliphatic carbocycles. The second kappa shape index (κ2) is 12.7. The molecule has 0 spiro atoms. The monoisotopic (exact) mass is 582 g/mol. The summed E-state index contributed by atoms with van der Waals surface area (Å²) >= 11 is 0. The summed E-state index contributed by atoms with van der Waals surface area (Å²) in [5, 5.41) is 2.69. The molecule has 4 rings (SSSR count). The van der Waals surface area contributed by atoms with Gasteiger partial charge in [-0.1, -0.05) is 30.3 Å². The number of aryl methyl sites for hydroxylation is 2. The first-order chi connectivity index (χ1) is 19.8. The van der Waals surface area contributed by atoms with E-state index in [1.807, 2.05) is 30.0 Å². The van der Waals surface area contributed by atoms with E-state index in [0.29, 0.717) is 34.6 Å². The molecule has 0 unspecified atom stereocenters. The fourth-order valence-electron chi connectivity index (χ4n) is 6.34. The quantitative estimate of drug-likeness (QED) is 0.318. The number of benzene rings is 2. The number of halogens is 3. The largest absolute Gasteiger partial charge is 0.416 e. The lowest BCUT2D eigenvalue weighted by molar-refractivity contribution is -0.137. The van der Waals surface area contributed by atoms with Crippen LogP contribution in [0, 0.1) is 20.8 Å². The minimum atomic E-state index is -4.62. The van der Waals surface area contributed by atoms with Crippen LogP contribution in [0.3, 0.4) is 0 Å². The van der Waals surface area contributed by atoms with Gasteiger partial charge in [0.1, 0.15) is 0 Å². The summed E-state index contributed by atoms with van der Waals surface area (Å²) in [6.07, 6.45) is -3.05. The number of H-pyrrole nitrogens is 1. The number of anilines is 1. The van der Waals surface area contributed by atoms with Crippen LogP contribution < -0.4 is 15.8 Å². The lowest BCUT2D eigenvalue weighted by atomic mass is 9.89. The molecule has 3 atom stereocenters. The second-order valence-corrected chi connectivity index (χ2v) is 11.6. The SMILES string of the molecule is CCN(c1cc(C(F)(F)F)cc(C(=O)NCc2c(C)cc(C)[nH]c2=O)c1C)[C@@H]1C[C@@H](C)N(Cc2ccccc2)[C@@H](C)C1.